The number of hydrogen-bond donors (Lipinski definition) is 2. The molecule has 0 atom stereocenters. The van der Waals surface area contributed by atoms with Gasteiger partial charge in [0.2, 0.25) is 0 Å². The number of hydrogen-bond acceptors (Lipinski definition) is 6. The van der Waals surface area contributed by atoms with E-state index in [2.05, 4.69) is 39.4 Å². The van der Waals surface area contributed by atoms with Crippen LogP contribution in [0.1, 0.15) is 25.6 Å². The molecule has 1 aliphatic rings. The van der Waals surface area contributed by atoms with Gasteiger partial charge in [0.15, 0.2) is 0 Å². The third-order valence-corrected chi connectivity index (χ3v) is 7.56. The molecule has 3 aromatic rings. The van der Waals surface area contributed by atoms with Gasteiger partial charge in [-0.25, -0.2) is 0 Å². The smallest absolute Gasteiger partial charge is 0.265 e. The summed E-state index contributed by atoms with van der Waals surface area (Å²) in [4.78, 5) is 33.4. The molecule has 2 amide bonds. The van der Waals surface area contributed by atoms with Crippen LogP contribution in [0.2, 0.25) is 5.02 Å². The second kappa shape index (κ2) is 13.1. The van der Waals surface area contributed by atoms with Gasteiger partial charge in [-0.1, -0.05) is 29.8 Å². The summed E-state index contributed by atoms with van der Waals surface area (Å²) in [6.07, 6.45) is 0.709. The molecule has 2 aromatic carbocycles. The molecule has 4 rings (SSSR count). The van der Waals surface area contributed by atoms with Crippen LogP contribution in [-0.4, -0.2) is 81.5 Å². The van der Waals surface area contributed by atoms with Crippen LogP contribution in [0.15, 0.2) is 60.0 Å². The minimum atomic E-state index is -0.166. The highest BCUT2D eigenvalue weighted by Gasteiger charge is 2.21. The average Bonchev–Trinajstić information content (AvgIpc) is 3.44. The first-order valence-corrected chi connectivity index (χ1v) is 13.8. The Morgan fingerprint density at radius 2 is 1.76 bits per heavy atom. The Morgan fingerprint density at radius 1 is 1.00 bits per heavy atom. The summed E-state index contributed by atoms with van der Waals surface area (Å²) >= 11 is 7.35. The number of amides is 2. The van der Waals surface area contributed by atoms with E-state index in [1.807, 2.05) is 47.8 Å². The molecule has 0 unspecified atom stereocenters. The number of rotatable bonds is 10. The standard InChI is InChI=1S/C28H34ClN5O2S/c1-32(2)13-14-33-15-17-34(18-16-33)25-10-7-22(20-24(25)31-28(36)26-4-3-19-37-26)27(35)30-12-11-21-5-8-23(29)9-6-21/h3-10,19-20H,11-18H2,1-2H3,(H,30,35)(H,31,36). The first-order chi connectivity index (χ1) is 17.9. The van der Waals surface area contributed by atoms with Gasteiger partial charge in [-0.3, -0.25) is 14.5 Å². The van der Waals surface area contributed by atoms with Gasteiger partial charge in [0.1, 0.15) is 0 Å². The van der Waals surface area contributed by atoms with Crippen molar-refractivity contribution < 1.29 is 9.59 Å². The molecule has 0 saturated carbocycles. The van der Waals surface area contributed by atoms with Crippen LogP contribution in [0.25, 0.3) is 0 Å². The van der Waals surface area contributed by atoms with E-state index in [0.717, 1.165) is 50.5 Å². The molecule has 2 N–H and O–H groups in total. The molecule has 2 heterocycles. The Bertz CT molecular complexity index is 1180. The van der Waals surface area contributed by atoms with Crippen LogP contribution in [0.5, 0.6) is 0 Å². The van der Waals surface area contributed by atoms with Crippen molar-refractivity contribution in [3.8, 4) is 0 Å². The van der Waals surface area contributed by atoms with Gasteiger partial charge in [-0.15, -0.1) is 11.3 Å². The molecule has 0 aliphatic carbocycles. The summed E-state index contributed by atoms with van der Waals surface area (Å²) < 4.78 is 0. The van der Waals surface area contributed by atoms with Crippen LogP contribution in [-0.2, 0) is 6.42 Å². The number of carbonyl (C=O) groups excluding carboxylic acids is 2. The van der Waals surface area contributed by atoms with Crippen molar-refractivity contribution >= 4 is 46.1 Å². The number of carbonyl (C=O) groups is 2. The average molecular weight is 540 g/mol. The molecule has 9 heteroatoms. The lowest BCUT2D eigenvalue weighted by Crippen LogP contribution is -2.48. The molecule has 0 spiro atoms. The first kappa shape index (κ1) is 27.1. The largest absolute Gasteiger partial charge is 0.367 e. The maximum atomic E-state index is 12.9. The van der Waals surface area contributed by atoms with E-state index in [1.165, 1.54) is 11.3 Å². The van der Waals surface area contributed by atoms with Gasteiger partial charge in [-0.2, -0.15) is 0 Å². The normalized spacial score (nSPS) is 14.1. The Kier molecular flexibility index (Phi) is 9.57. The van der Waals surface area contributed by atoms with Gasteiger partial charge < -0.3 is 20.4 Å². The minimum absolute atomic E-state index is 0.166. The third-order valence-electron chi connectivity index (χ3n) is 6.44. The fraction of sp³-hybridized carbons (Fsp3) is 0.357. The highest BCUT2D eigenvalue weighted by molar-refractivity contribution is 7.12. The summed E-state index contributed by atoms with van der Waals surface area (Å²) in [6, 6.07) is 16.9. The number of anilines is 2. The number of likely N-dealkylation sites (N-methyl/N-ethyl adjacent to an activating group) is 1. The predicted molar refractivity (Wildman–Crippen MR) is 153 cm³/mol. The molecular formula is C28H34ClN5O2S. The topological polar surface area (TPSA) is 67.9 Å². The van der Waals surface area contributed by atoms with Gasteiger partial charge in [0.25, 0.3) is 11.8 Å². The molecule has 1 saturated heterocycles. The molecule has 0 bridgehead atoms. The molecule has 0 radical (unpaired) electrons. The number of nitrogens with zero attached hydrogens (tertiary/aromatic N) is 3. The zero-order valence-electron chi connectivity index (χ0n) is 21.4. The lowest BCUT2D eigenvalue weighted by atomic mass is 10.1. The van der Waals surface area contributed by atoms with Crippen molar-refractivity contribution in [2.45, 2.75) is 6.42 Å². The van der Waals surface area contributed by atoms with Gasteiger partial charge in [0.05, 0.1) is 16.3 Å². The Morgan fingerprint density at radius 3 is 2.43 bits per heavy atom. The van der Waals surface area contributed by atoms with Gasteiger partial charge in [0, 0.05) is 56.4 Å². The second-order valence-electron chi connectivity index (χ2n) is 9.43. The number of nitrogens with one attached hydrogen (secondary N) is 2. The Balaban J connectivity index is 1.45. The van der Waals surface area contributed by atoms with Crippen molar-refractivity contribution in [1.82, 2.24) is 15.1 Å². The molecule has 196 valence electrons. The van der Waals surface area contributed by atoms with Crippen LogP contribution in [0, 0.1) is 0 Å². The molecule has 37 heavy (non-hydrogen) atoms. The summed E-state index contributed by atoms with van der Waals surface area (Å²) in [5.74, 6) is -0.332. The monoisotopic (exact) mass is 539 g/mol. The van der Waals surface area contributed by atoms with E-state index in [9.17, 15) is 9.59 Å². The summed E-state index contributed by atoms with van der Waals surface area (Å²) in [5.41, 5.74) is 3.22. The van der Waals surface area contributed by atoms with E-state index in [4.69, 9.17) is 11.6 Å². The molecule has 7 nitrogen and oxygen atoms in total. The SMILES string of the molecule is CN(C)CCN1CCN(c2ccc(C(=O)NCCc3ccc(Cl)cc3)cc2NC(=O)c2cccs2)CC1. The maximum Gasteiger partial charge on any atom is 0.265 e. The Hall–Kier alpha value is -2.91. The fourth-order valence-electron chi connectivity index (χ4n) is 4.27. The maximum absolute atomic E-state index is 12.9. The van der Waals surface area contributed by atoms with Crippen molar-refractivity contribution in [3.63, 3.8) is 0 Å². The minimum Gasteiger partial charge on any atom is -0.367 e. The van der Waals surface area contributed by atoms with E-state index in [0.29, 0.717) is 34.1 Å². The highest BCUT2D eigenvalue weighted by Crippen LogP contribution is 2.29. The van der Waals surface area contributed by atoms with Crippen molar-refractivity contribution in [2.75, 3.05) is 70.1 Å². The molecule has 1 fully saturated rings. The van der Waals surface area contributed by atoms with Crippen LogP contribution < -0.4 is 15.5 Å². The third kappa shape index (κ3) is 7.79. The van der Waals surface area contributed by atoms with Crippen LogP contribution >= 0.6 is 22.9 Å². The summed E-state index contributed by atoms with van der Waals surface area (Å²) in [6.45, 7) is 6.22. The zero-order chi connectivity index (χ0) is 26.2. The number of benzene rings is 2. The fourth-order valence-corrected chi connectivity index (χ4v) is 5.02. The molecular weight excluding hydrogens is 506 g/mol. The second-order valence-corrected chi connectivity index (χ2v) is 10.8. The van der Waals surface area contributed by atoms with Crippen molar-refractivity contribution in [1.29, 1.82) is 0 Å². The van der Waals surface area contributed by atoms with Crippen LogP contribution in [0.4, 0.5) is 11.4 Å². The Labute approximate surface area is 228 Å². The number of halogens is 1. The van der Waals surface area contributed by atoms with E-state index in [-0.39, 0.29) is 11.8 Å². The number of piperazine rings is 1. The number of thiophene rings is 1. The lowest BCUT2D eigenvalue weighted by Gasteiger charge is -2.37. The highest BCUT2D eigenvalue weighted by atomic mass is 35.5. The van der Waals surface area contributed by atoms with Crippen molar-refractivity contribution in [2.24, 2.45) is 0 Å². The molecule has 1 aromatic heterocycles. The van der Waals surface area contributed by atoms with E-state index < -0.39 is 0 Å². The van der Waals surface area contributed by atoms with E-state index >= 15 is 0 Å². The summed E-state index contributed by atoms with van der Waals surface area (Å²) in [5, 5.41) is 8.63. The summed E-state index contributed by atoms with van der Waals surface area (Å²) in [7, 11) is 4.18. The van der Waals surface area contributed by atoms with Gasteiger partial charge in [-0.05, 0) is 67.9 Å². The van der Waals surface area contributed by atoms with Crippen LogP contribution in [0.3, 0.4) is 0 Å². The lowest BCUT2D eigenvalue weighted by molar-refractivity contribution is 0.0952. The predicted octanol–water partition coefficient (Wildman–Crippen LogP) is 4.31. The van der Waals surface area contributed by atoms with Gasteiger partial charge >= 0.3 is 0 Å². The first-order valence-electron chi connectivity index (χ1n) is 12.5. The quantitative estimate of drug-likeness (QED) is 0.402. The zero-order valence-corrected chi connectivity index (χ0v) is 22.9. The van der Waals surface area contributed by atoms with Crippen molar-refractivity contribution in [3.05, 3.63) is 81.0 Å². The van der Waals surface area contributed by atoms with E-state index in [1.54, 1.807) is 12.1 Å². The molecule has 1 aliphatic heterocycles.